The highest BCUT2D eigenvalue weighted by Crippen LogP contribution is 2.29. The second-order valence-corrected chi connectivity index (χ2v) is 5.85. The van der Waals surface area contributed by atoms with Gasteiger partial charge in [-0.2, -0.15) is 0 Å². The van der Waals surface area contributed by atoms with E-state index in [-0.39, 0.29) is 30.2 Å². The minimum Gasteiger partial charge on any atom is -0.481 e. The van der Waals surface area contributed by atoms with E-state index in [1.165, 1.54) is 13.3 Å². The summed E-state index contributed by atoms with van der Waals surface area (Å²) in [4.78, 5) is 23.9. The number of hydrogen-bond acceptors (Lipinski definition) is 6. The van der Waals surface area contributed by atoms with Gasteiger partial charge in [0, 0.05) is 30.6 Å². The Labute approximate surface area is 154 Å². The first-order valence-electron chi connectivity index (χ1n) is 8.32. The fourth-order valence-corrected chi connectivity index (χ4v) is 2.75. The zero-order valence-corrected chi connectivity index (χ0v) is 14.6. The Hall–Kier alpha value is -2.88. The van der Waals surface area contributed by atoms with Crippen molar-refractivity contribution in [2.24, 2.45) is 0 Å². The van der Waals surface area contributed by atoms with Gasteiger partial charge in [-0.3, -0.25) is 0 Å². The van der Waals surface area contributed by atoms with Gasteiger partial charge in [-0.1, -0.05) is 0 Å². The Bertz CT molecular complexity index is 775. The molecule has 1 aliphatic rings. The van der Waals surface area contributed by atoms with Crippen molar-refractivity contribution >= 4 is 6.03 Å². The second-order valence-electron chi connectivity index (χ2n) is 5.85. The Balaban J connectivity index is 1.55. The van der Waals surface area contributed by atoms with Crippen LogP contribution in [-0.2, 0) is 11.3 Å². The third-order valence-corrected chi connectivity index (χ3v) is 4.06. The van der Waals surface area contributed by atoms with Gasteiger partial charge < -0.3 is 20.1 Å². The molecule has 0 radical (unpaired) electrons. The van der Waals surface area contributed by atoms with Crippen LogP contribution in [0.5, 0.6) is 5.88 Å². The van der Waals surface area contributed by atoms with Crippen LogP contribution in [0, 0.1) is 0 Å². The van der Waals surface area contributed by atoms with Gasteiger partial charge in [0.2, 0.25) is 5.88 Å². The molecule has 0 unspecified atom stereocenters. The van der Waals surface area contributed by atoms with E-state index in [4.69, 9.17) is 9.47 Å². The number of nitrogens with zero attached hydrogens (tertiary/aromatic N) is 3. The van der Waals surface area contributed by atoms with Gasteiger partial charge in [-0.15, -0.1) is 0 Å². The molecule has 2 amide bonds. The van der Waals surface area contributed by atoms with E-state index >= 15 is 0 Å². The minimum absolute atomic E-state index is 0.0608. The molecule has 2 atom stereocenters. The number of carbonyl (C=O) groups excluding carboxylic acids is 1. The number of aromatic nitrogens is 3. The first kappa shape index (κ1) is 18.9. The SMILES string of the molecule is COc1ccc([C@@H]2OCC[C@H]2NC(=O)NCc2nccc(C(F)F)n2)cn1. The number of alkyl halides is 2. The number of nitrogens with one attached hydrogen (secondary N) is 2. The van der Waals surface area contributed by atoms with Crippen molar-refractivity contribution in [1.82, 2.24) is 25.6 Å². The molecule has 0 bridgehead atoms. The molecule has 27 heavy (non-hydrogen) atoms. The van der Waals surface area contributed by atoms with Gasteiger partial charge >= 0.3 is 6.03 Å². The predicted octanol–water partition coefficient (Wildman–Crippen LogP) is 2.15. The maximum atomic E-state index is 12.7. The van der Waals surface area contributed by atoms with Crippen molar-refractivity contribution in [3.8, 4) is 5.88 Å². The van der Waals surface area contributed by atoms with E-state index in [9.17, 15) is 13.6 Å². The van der Waals surface area contributed by atoms with Crippen molar-refractivity contribution in [3.05, 3.63) is 47.7 Å². The highest BCUT2D eigenvalue weighted by Gasteiger charge is 2.31. The van der Waals surface area contributed by atoms with Crippen LogP contribution < -0.4 is 15.4 Å². The van der Waals surface area contributed by atoms with E-state index in [1.807, 2.05) is 6.07 Å². The molecule has 1 aliphatic heterocycles. The molecular weight excluding hydrogens is 360 g/mol. The van der Waals surface area contributed by atoms with Crippen LogP contribution >= 0.6 is 0 Å². The molecule has 1 saturated heterocycles. The number of pyridine rings is 1. The summed E-state index contributed by atoms with van der Waals surface area (Å²) in [5.74, 6) is 0.603. The molecule has 2 N–H and O–H groups in total. The maximum absolute atomic E-state index is 12.7. The second kappa shape index (κ2) is 8.67. The van der Waals surface area contributed by atoms with E-state index in [2.05, 4.69) is 25.6 Å². The predicted molar refractivity (Wildman–Crippen MR) is 90.2 cm³/mol. The van der Waals surface area contributed by atoms with Crippen molar-refractivity contribution in [1.29, 1.82) is 0 Å². The van der Waals surface area contributed by atoms with Crippen LogP contribution in [0.4, 0.5) is 13.6 Å². The van der Waals surface area contributed by atoms with E-state index < -0.39 is 12.5 Å². The Morgan fingerprint density at radius 1 is 1.37 bits per heavy atom. The lowest BCUT2D eigenvalue weighted by molar-refractivity contribution is 0.0995. The topological polar surface area (TPSA) is 98.3 Å². The summed E-state index contributed by atoms with van der Waals surface area (Å²) in [5.41, 5.74) is 0.449. The summed E-state index contributed by atoms with van der Waals surface area (Å²) in [5, 5.41) is 5.40. The lowest BCUT2D eigenvalue weighted by Gasteiger charge is -2.20. The van der Waals surface area contributed by atoms with Crippen molar-refractivity contribution in [2.45, 2.75) is 31.5 Å². The first-order valence-corrected chi connectivity index (χ1v) is 8.32. The summed E-state index contributed by atoms with van der Waals surface area (Å²) < 4.78 is 36.0. The molecule has 0 aromatic carbocycles. The van der Waals surface area contributed by atoms with Gasteiger partial charge in [-0.05, 0) is 18.6 Å². The fraction of sp³-hybridized carbons (Fsp3) is 0.412. The monoisotopic (exact) mass is 379 g/mol. The molecule has 8 nitrogen and oxygen atoms in total. The van der Waals surface area contributed by atoms with Gasteiger partial charge in [0.05, 0.1) is 19.7 Å². The number of halogens is 2. The van der Waals surface area contributed by atoms with Gasteiger partial charge in [0.1, 0.15) is 17.6 Å². The zero-order valence-electron chi connectivity index (χ0n) is 14.6. The first-order chi connectivity index (χ1) is 13.1. The summed E-state index contributed by atoms with van der Waals surface area (Å²) in [6, 6.07) is 3.99. The average Bonchev–Trinajstić information content (AvgIpc) is 3.14. The standard InChI is InChI=1S/C17H19F2N5O3/c1-26-14-3-2-10(8-21-14)15-11(5-7-27-15)24-17(25)22-9-13-20-6-4-12(23-13)16(18)19/h2-4,6,8,11,15-16H,5,7,9H2,1H3,(H2,22,24,25)/t11-,15+/m1/s1. The van der Waals surface area contributed by atoms with Crippen LogP contribution in [-0.4, -0.2) is 40.7 Å². The third-order valence-electron chi connectivity index (χ3n) is 4.06. The number of rotatable bonds is 6. The Morgan fingerprint density at radius 3 is 2.93 bits per heavy atom. The molecule has 1 fully saturated rings. The number of ether oxygens (including phenoxy) is 2. The molecule has 144 valence electrons. The van der Waals surface area contributed by atoms with Gasteiger partial charge in [0.15, 0.2) is 0 Å². The number of amides is 2. The molecular formula is C17H19F2N5O3. The van der Waals surface area contributed by atoms with E-state index in [0.717, 1.165) is 11.6 Å². The Kier molecular flexibility index (Phi) is 6.07. The Morgan fingerprint density at radius 2 is 2.22 bits per heavy atom. The molecule has 2 aromatic rings. The summed E-state index contributed by atoms with van der Waals surface area (Å²) in [6.45, 7) is 0.440. The maximum Gasteiger partial charge on any atom is 0.315 e. The number of carbonyl (C=O) groups is 1. The third kappa shape index (κ3) is 4.85. The molecule has 0 aliphatic carbocycles. The van der Waals surface area contributed by atoms with Crippen molar-refractivity contribution < 1.29 is 23.0 Å². The quantitative estimate of drug-likeness (QED) is 0.798. The summed E-state index contributed by atoms with van der Waals surface area (Å²) in [6.07, 6.45) is 0.510. The van der Waals surface area contributed by atoms with Crippen LogP contribution in [0.3, 0.4) is 0 Å². The van der Waals surface area contributed by atoms with E-state index in [1.54, 1.807) is 12.3 Å². The zero-order chi connectivity index (χ0) is 19.2. The molecule has 3 heterocycles. The number of hydrogen-bond donors (Lipinski definition) is 2. The van der Waals surface area contributed by atoms with Crippen molar-refractivity contribution in [2.75, 3.05) is 13.7 Å². The molecule has 2 aromatic heterocycles. The van der Waals surface area contributed by atoms with Crippen LogP contribution in [0.2, 0.25) is 0 Å². The molecule has 10 heteroatoms. The number of methoxy groups -OCH3 is 1. The van der Waals surface area contributed by atoms with Crippen LogP contribution in [0.25, 0.3) is 0 Å². The number of urea groups is 1. The normalized spacial score (nSPS) is 19.1. The average molecular weight is 379 g/mol. The lowest BCUT2D eigenvalue weighted by Crippen LogP contribution is -2.43. The van der Waals surface area contributed by atoms with Crippen LogP contribution in [0.15, 0.2) is 30.6 Å². The lowest BCUT2D eigenvalue weighted by atomic mass is 10.0. The van der Waals surface area contributed by atoms with Gasteiger partial charge in [0.25, 0.3) is 6.43 Å². The van der Waals surface area contributed by atoms with Crippen LogP contribution in [0.1, 0.15) is 36.0 Å². The van der Waals surface area contributed by atoms with Gasteiger partial charge in [-0.25, -0.2) is 28.5 Å². The summed E-state index contributed by atoms with van der Waals surface area (Å²) >= 11 is 0. The fourth-order valence-electron chi connectivity index (χ4n) is 2.75. The molecule has 3 rings (SSSR count). The largest absolute Gasteiger partial charge is 0.481 e. The molecule has 0 spiro atoms. The highest BCUT2D eigenvalue weighted by atomic mass is 19.3. The smallest absolute Gasteiger partial charge is 0.315 e. The van der Waals surface area contributed by atoms with E-state index in [0.29, 0.717) is 18.9 Å². The van der Waals surface area contributed by atoms with Crippen molar-refractivity contribution in [3.63, 3.8) is 0 Å². The molecule has 0 saturated carbocycles. The summed E-state index contributed by atoms with van der Waals surface area (Å²) in [7, 11) is 1.53. The highest BCUT2D eigenvalue weighted by molar-refractivity contribution is 5.74. The minimum atomic E-state index is -2.69.